The van der Waals surface area contributed by atoms with Crippen LogP contribution < -0.4 is 10.2 Å². The smallest absolute Gasteiger partial charge is 0.410 e. The molecule has 2 aromatic carbocycles. The Hall–Kier alpha value is -4.12. The third-order valence-corrected chi connectivity index (χ3v) is 6.76. The minimum atomic E-state index is -0.548. The number of rotatable bonds is 4. The van der Waals surface area contributed by atoms with Crippen LogP contribution >= 0.6 is 0 Å². The number of likely N-dealkylation sites (tertiary alicyclic amines) is 1. The zero-order valence-electron chi connectivity index (χ0n) is 21.7. The van der Waals surface area contributed by atoms with Gasteiger partial charge in [-0.25, -0.2) is 9.78 Å². The van der Waals surface area contributed by atoms with E-state index < -0.39 is 5.60 Å². The maximum Gasteiger partial charge on any atom is 0.410 e. The molecule has 0 radical (unpaired) electrons. The minimum absolute atomic E-state index is 0.120. The van der Waals surface area contributed by atoms with Crippen molar-refractivity contribution in [3.8, 4) is 11.5 Å². The molecule has 198 valence electrons. The highest BCUT2D eigenvalue weighted by molar-refractivity contribution is 6.01. The number of carbonyl (C=O) groups excluding carboxylic acids is 2. The minimum Gasteiger partial charge on any atom is -0.444 e. The Morgan fingerprint density at radius 2 is 1.87 bits per heavy atom. The molecule has 2 fully saturated rings. The molecular formula is C27H31N7O4. The zero-order chi connectivity index (χ0) is 26.4. The van der Waals surface area contributed by atoms with Crippen LogP contribution in [0.3, 0.4) is 0 Å². The van der Waals surface area contributed by atoms with Crippen LogP contribution in [-0.4, -0.2) is 88.1 Å². The molecule has 2 aliphatic heterocycles. The van der Waals surface area contributed by atoms with Crippen molar-refractivity contribution in [2.75, 3.05) is 44.3 Å². The van der Waals surface area contributed by atoms with Gasteiger partial charge in [-0.05, 0) is 57.2 Å². The predicted molar refractivity (Wildman–Crippen MR) is 143 cm³/mol. The highest BCUT2D eigenvalue weighted by atomic mass is 16.6. The zero-order valence-corrected chi connectivity index (χ0v) is 21.7. The lowest BCUT2D eigenvalue weighted by Crippen LogP contribution is -2.61. The van der Waals surface area contributed by atoms with Gasteiger partial charge < -0.3 is 29.6 Å². The van der Waals surface area contributed by atoms with Crippen LogP contribution in [0.15, 0.2) is 36.4 Å². The Morgan fingerprint density at radius 1 is 1.08 bits per heavy atom. The Balaban J connectivity index is 1.18. The normalized spacial score (nSPS) is 16.6. The van der Waals surface area contributed by atoms with Crippen LogP contribution in [0, 0.1) is 0 Å². The van der Waals surface area contributed by atoms with Crippen LogP contribution in [0.1, 0.15) is 31.1 Å². The highest BCUT2D eigenvalue weighted by Gasteiger charge is 2.34. The van der Waals surface area contributed by atoms with Crippen molar-refractivity contribution in [1.29, 1.82) is 0 Å². The molecule has 4 heterocycles. The Bertz CT molecular complexity index is 1510. The molecule has 0 aliphatic carbocycles. The van der Waals surface area contributed by atoms with E-state index in [1.165, 1.54) is 0 Å². The second-order valence-electron chi connectivity index (χ2n) is 10.8. The van der Waals surface area contributed by atoms with Gasteiger partial charge in [-0.2, -0.15) is 5.10 Å². The number of aromatic nitrogens is 4. The lowest BCUT2D eigenvalue weighted by atomic mass is 10.1. The van der Waals surface area contributed by atoms with Gasteiger partial charge in [0.15, 0.2) is 5.82 Å². The summed E-state index contributed by atoms with van der Waals surface area (Å²) in [7, 11) is 0. The van der Waals surface area contributed by atoms with E-state index in [0.717, 1.165) is 53.9 Å². The Morgan fingerprint density at radius 3 is 2.63 bits per heavy atom. The second-order valence-corrected chi connectivity index (χ2v) is 10.8. The first-order valence-corrected chi connectivity index (χ1v) is 12.8. The van der Waals surface area contributed by atoms with E-state index in [4.69, 9.17) is 14.5 Å². The van der Waals surface area contributed by atoms with E-state index in [1.54, 1.807) is 11.0 Å². The van der Waals surface area contributed by atoms with Crippen molar-refractivity contribution in [1.82, 2.24) is 30.4 Å². The number of nitrogens with zero attached hydrogens (tertiary/aromatic N) is 4. The topological polar surface area (TPSA) is 128 Å². The summed E-state index contributed by atoms with van der Waals surface area (Å²) in [6.07, 6.45) is -0.365. The van der Waals surface area contributed by atoms with Gasteiger partial charge in [-0.3, -0.25) is 9.89 Å². The van der Waals surface area contributed by atoms with Gasteiger partial charge >= 0.3 is 6.09 Å². The predicted octanol–water partition coefficient (Wildman–Crippen LogP) is 3.29. The molecule has 6 rings (SSSR count). The summed E-state index contributed by atoms with van der Waals surface area (Å²) in [5, 5.41) is 11.3. The Kier molecular flexibility index (Phi) is 5.94. The summed E-state index contributed by atoms with van der Waals surface area (Å²) >= 11 is 0. The van der Waals surface area contributed by atoms with Crippen molar-refractivity contribution >= 4 is 39.6 Å². The third-order valence-electron chi connectivity index (χ3n) is 6.76. The molecule has 11 heteroatoms. The molecule has 11 nitrogen and oxygen atoms in total. The van der Waals surface area contributed by atoms with Crippen molar-refractivity contribution in [2.24, 2.45) is 0 Å². The molecule has 3 N–H and O–H groups in total. The number of aromatic amines is 2. The van der Waals surface area contributed by atoms with E-state index in [-0.39, 0.29) is 18.0 Å². The van der Waals surface area contributed by atoms with Crippen LogP contribution in [-0.2, 0) is 9.47 Å². The van der Waals surface area contributed by atoms with Crippen LogP contribution in [0.5, 0.6) is 0 Å². The van der Waals surface area contributed by atoms with Crippen LogP contribution in [0.2, 0.25) is 0 Å². The number of amides is 2. The maximum atomic E-state index is 13.0. The first-order chi connectivity index (χ1) is 18.2. The quantitative estimate of drug-likeness (QED) is 0.379. The van der Waals surface area contributed by atoms with Crippen molar-refractivity contribution in [3.63, 3.8) is 0 Å². The summed E-state index contributed by atoms with van der Waals surface area (Å²) in [4.78, 5) is 37.2. The fourth-order valence-corrected chi connectivity index (χ4v) is 4.78. The largest absolute Gasteiger partial charge is 0.444 e. The molecule has 0 spiro atoms. The summed E-state index contributed by atoms with van der Waals surface area (Å²) < 4.78 is 10.8. The molecule has 0 saturated carbocycles. The Labute approximate surface area is 219 Å². The second kappa shape index (κ2) is 9.32. The van der Waals surface area contributed by atoms with Gasteiger partial charge in [-0.15, -0.1) is 0 Å². The summed E-state index contributed by atoms with van der Waals surface area (Å²) in [6, 6.07) is 11.5. The molecule has 38 heavy (non-hydrogen) atoms. The average molecular weight is 518 g/mol. The number of hydrogen-bond donors (Lipinski definition) is 3. The highest BCUT2D eigenvalue weighted by Crippen LogP contribution is 2.29. The monoisotopic (exact) mass is 517 g/mol. The molecule has 0 bridgehead atoms. The molecule has 2 saturated heterocycles. The summed E-state index contributed by atoms with van der Waals surface area (Å²) in [5.41, 5.74) is 4.33. The molecule has 2 aliphatic rings. The number of ether oxygens (including phenoxy) is 2. The first kappa shape index (κ1) is 24.2. The first-order valence-electron chi connectivity index (χ1n) is 12.8. The molecule has 0 atom stereocenters. The van der Waals surface area contributed by atoms with Gasteiger partial charge in [-0.1, -0.05) is 0 Å². The molecule has 0 unspecified atom stereocenters. The van der Waals surface area contributed by atoms with Crippen LogP contribution in [0.4, 0.5) is 10.5 Å². The van der Waals surface area contributed by atoms with E-state index in [1.807, 2.05) is 39.0 Å². The van der Waals surface area contributed by atoms with Gasteiger partial charge in [0.2, 0.25) is 0 Å². The number of hydrogen-bond acceptors (Lipinski definition) is 7. The lowest BCUT2D eigenvalue weighted by molar-refractivity contribution is 0.00533. The fraction of sp³-hybridized carbons (Fsp3) is 0.407. The van der Waals surface area contributed by atoms with E-state index in [0.29, 0.717) is 30.2 Å². The molecular weight excluding hydrogens is 486 g/mol. The number of H-pyrrole nitrogens is 2. The maximum absolute atomic E-state index is 13.0. The van der Waals surface area contributed by atoms with Gasteiger partial charge in [0.05, 0.1) is 35.8 Å². The van der Waals surface area contributed by atoms with E-state index in [2.05, 4.69) is 37.5 Å². The number of benzene rings is 2. The van der Waals surface area contributed by atoms with Crippen molar-refractivity contribution in [2.45, 2.75) is 32.4 Å². The van der Waals surface area contributed by atoms with Gasteiger partial charge in [0, 0.05) is 42.8 Å². The number of imidazole rings is 1. The lowest BCUT2D eigenvalue weighted by Gasteiger charge is -2.39. The number of fused-ring (bicyclic) bond motifs is 2. The van der Waals surface area contributed by atoms with Crippen LogP contribution in [0.25, 0.3) is 33.5 Å². The molecule has 4 aromatic rings. The summed E-state index contributed by atoms with van der Waals surface area (Å²) in [6.45, 7) is 9.52. The van der Waals surface area contributed by atoms with Crippen molar-refractivity contribution in [3.05, 3.63) is 42.0 Å². The number of morpholine rings is 1. The van der Waals surface area contributed by atoms with E-state index in [9.17, 15) is 9.59 Å². The summed E-state index contributed by atoms with van der Waals surface area (Å²) in [5.74, 6) is 0.433. The SMILES string of the molecule is CC(C)(C)OC(=O)N1CC(NC(=O)c2ccc3[nH]nc(-c4nc5ccc(N6CCOCC6)cc5[nH]4)c3c2)C1. The fourth-order valence-electron chi connectivity index (χ4n) is 4.78. The van der Waals surface area contributed by atoms with Gasteiger partial charge in [0.25, 0.3) is 5.91 Å². The molecule has 2 amide bonds. The number of nitrogens with one attached hydrogen (secondary N) is 3. The van der Waals surface area contributed by atoms with E-state index >= 15 is 0 Å². The average Bonchev–Trinajstić information content (AvgIpc) is 3.48. The van der Waals surface area contributed by atoms with Gasteiger partial charge in [0.1, 0.15) is 11.3 Å². The number of anilines is 1. The van der Waals surface area contributed by atoms with Crippen molar-refractivity contribution < 1.29 is 19.1 Å². The number of carbonyl (C=O) groups is 2. The standard InChI is InChI=1S/C27H31N7O4/c1-27(2,3)38-26(36)34-14-17(15-34)28-25(35)16-4-6-20-19(12-16)23(32-31-20)24-29-21-7-5-18(13-22(21)30-24)33-8-10-37-11-9-33/h4-7,12-13,17H,8-11,14-15H2,1-3H3,(H,28,35)(H,29,30)(H,31,32). The molecule has 2 aromatic heterocycles. The third kappa shape index (κ3) is 4.76.